The van der Waals surface area contributed by atoms with Gasteiger partial charge in [-0.15, -0.1) is 11.3 Å². The van der Waals surface area contributed by atoms with Crippen LogP contribution in [0.15, 0.2) is 6.07 Å². The minimum Gasteiger partial charge on any atom is -0.480 e. The first-order valence-electron chi connectivity index (χ1n) is 7.75. The lowest BCUT2D eigenvalue weighted by molar-refractivity contribution is -0.146. The van der Waals surface area contributed by atoms with Crippen LogP contribution < -0.4 is 5.32 Å². The highest BCUT2D eigenvalue weighted by molar-refractivity contribution is 7.14. The molecule has 1 aliphatic carbocycles. The van der Waals surface area contributed by atoms with Gasteiger partial charge in [0.2, 0.25) is 0 Å². The van der Waals surface area contributed by atoms with E-state index < -0.39 is 11.5 Å². The number of carboxylic acid groups (broad SMARTS) is 1. The second kappa shape index (κ2) is 6.01. The maximum atomic E-state index is 12.5. The Morgan fingerprint density at radius 1 is 1.41 bits per heavy atom. The van der Waals surface area contributed by atoms with Gasteiger partial charge >= 0.3 is 5.97 Å². The number of rotatable bonds is 3. The van der Waals surface area contributed by atoms with E-state index in [0.29, 0.717) is 36.9 Å². The monoisotopic (exact) mass is 323 g/mol. The van der Waals surface area contributed by atoms with Gasteiger partial charge in [0.25, 0.3) is 5.91 Å². The van der Waals surface area contributed by atoms with Crippen molar-refractivity contribution in [1.82, 2.24) is 5.32 Å². The molecule has 22 heavy (non-hydrogen) atoms. The maximum Gasteiger partial charge on any atom is 0.329 e. The molecular formula is C16H21NO4S. The van der Waals surface area contributed by atoms with Crippen LogP contribution >= 0.6 is 11.3 Å². The summed E-state index contributed by atoms with van der Waals surface area (Å²) >= 11 is 1.46. The number of carbonyl (C=O) groups is 2. The van der Waals surface area contributed by atoms with Crippen molar-refractivity contribution in [3.8, 4) is 0 Å². The molecule has 2 aliphatic rings. The number of ether oxygens (including phenoxy) is 1. The lowest BCUT2D eigenvalue weighted by Gasteiger charge is -2.36. The SMILES string of the molecule is CC1CCC(NC(=O)c2cc3c(s2)CCOC3)(C(=O)O)CC1. The summed E-state index contributed by atoms with van der Waals surface area (Å²) in [6.07, 6.45) is 3.50. The van der Waals surface area contributed by atoms with E-state index in [1.165, 1.54) is 16.2 Å². The maximum absolute atomic E-state index is 12.5. The molecule has 1 aromatic heterocycles. The van der Waals surface area contributed by atoms with Crippen molar-refractivity contribution in [2.45, 2.75) is 51.2 Å². The van der Waals surface area contributed by atoms with Crippen molar-refractivity contribution < 1.29 is 19.4 Å². The molecule has 1 aromatic rings. The number of fused-ring (bicyclic) bond motifs is 1. The normalized spacial score (nSPS) is 28.0. The molecule has 0 bridgehead atoms. The molecule has 0 unspecified atom stereocenters. The van der Waals surface area contributed by atoms with Crippen LogP contribution in [0.1, 0.15) is 52.7 Å². The smallest absolute Gasteiger partial charge is 0.329 e. The second-order valence-corrected chi connectivity index (χ2v) is 7.52. The van der Waals surface area contributed by atoms with Gasteiger partial charge in [-0.25, -0.2) is 4.79 Å². The molecule has 0 aromatic carbocycles. The molecule has 0 spiro atoms. The third-order valence-electron chi connectivity index (χ3n) is 4.74. The molecule has 2 heterocycles. The van der Waals surface area contributed by atoms with Gasteiger partial charge in [-0.05, 0) is 43.2 Å². The highest BCUT2D eigenvalue weighted by Crippen LogP contribution is 2.33. The van der Waals surface area contributed by atoms with Crippen LogP contribution in [-0.2, 0) is 22.6 Å². The number of nitrogens with one attached hydrogen (secondary N) is 1. The van der Waals surface area contributed by atoms with Crippen molar-refractivity contribution in [2.75, 3.05) is 6.61 Å². The number of amides is 1. The minimum atomic E-state index is -1.11. The van der Waals surface area contributed by atoms with Crippen LogP contribution in [0.4, 0.5) is 0 Å². The standard InChI is InChI=1S/C16H21NO4S/c1-10-2-5-16(6-3-10,15(19)20)17-14(18)13-8-11-9-21-7-4-12(11)22-13/h8,10H,2-7,9H2,1H3,(H,17,18)(H,19,20). The summed E-state index contributed by atoms with van der Waals surface area (Å²) in [5.41, 5.74) is -0.0482. The van der Waals surface area contributed by atoms with Crippen LogP contribution in [0.3, 0.4) is 0 Å². The predicted octanol–water partition coefficient (Wildman–Crippen LogP) is 2.58. The Labute approximate surface area is 133 Å². The summed E-state index contributed by atoms with van der Waals surface area (Å²) in [7, 11) is 0. The van der Waals surface area contributed by atoms with E-state index in [2.05, 4.69) is 12.2 Å². The zero-order valence-corrected chi connectivity index (χ0v) is 13.5. The zero-order chi connectivity index (χ0) is 15.7. The zero-order valence-electron chi connectivity index (χ0n) is 12.7. The van der Waals surface area contributed by atoms with Gasteiger partial charge < -0.3 is 15.2 Å². The van der Waals surface area contributed by atoms with Crippen molar-refractivity contribution in [2.24, 2.45) is 5.92 Å². The van der Waals surface area contributed by atoms with E-state index >= 15 is 0 Å². The Balaban J connectivity index is 1.76. The molecule has 1 fully saturated rings. The third-order valence-corrected chi connectivity index (χ3v) is 5.98. The summed E-state index contributed by atoms with van der Waals surface area (Å²) in [5, 5.41) is 12.4. The van der Waals surface area contributed by atoms with E-state index in [4.69, 9.17) is 4.74 Å². The second-order valence-electron chi connectivity index (χ2n) is 6.39. The summed E-state index contributed by atoms with van der Waals surface area (Å²) < 4.78 is 5.39. The minimum absolute atomic E-state index is 0.267. The molecule has 5 nitrogen and oxygen atoms in total. The molecule has 1 aliphatic heterocycles. The van der Waals surface area contributed by atoms with Gasteiger partial charge in [-0.3, -0.25) is 4.79 Å². The van der Waals surface area contributed by atoms with Gasteiger partial charge in [-0.2, -0.15) is 0 Å². The number of hydrogen-bond donors (Lipinski definition) is 2. The Morgan fingerprint density at radius 3 is 2.77 bits per heavy atom. The van der Waals surface area contributed by atoms with Gasteiger partial charge in [0, 0.05) is 11.3 Å². The predicted molar refractivity (Wildman–Crippen MR) is 83.1 cm³/mol. The summed E-state index contributed by atoms with van der Waals surface area (Å²) in [5.74, 6) is -0.663. The van der Waals surface area contributed by atoms with Crippen molar-refractivity contribution in [3.63, 3.8) is 0 Å². The van der Waals surface area contributed by atoms with Gasteiger partial charge in [-0.1, -0.05) is 6.92 Å². The Hall–Kier alpha value is -1.40. The molecule has 0 saturated heterocycles. The highest BCUT2D eigenvalue weighted by Gasteiger charge is 2.42. The Morgan fingerprint density at radius 2 is 2.14 bits per heavy atom. The summed E-state index contributed by atoms with van der Waals surface area (Å²) in [6, 6.07) is 1.84. The fraction of sp³-hybridized carbons (Fsp3) is 0.625. The van der Waals surface area contributed by atoms with E-state index in [9.17, 15) is 14.7 Å². The van der Waals surface area contributed by atoms with Crippen LogP contribution in [0.2, 0.25) is 0 Å². The third kappa shape index (κ3) is 2.90. The average molecular weight is 323 g/mol. The van der Waals surface area contributed by atoms with Crippen LogP contribution in [0.5, 0.6) is 0 Å². The number of carbonyl (C=O) groups excluding carboxylic acids is 1. The number of carboxylic acids is 1. The van der Waals surface area contributed by atoms with Gasteiger partial charge in [0.05, 0.1) is 18.1 Å². The van der Waals surface area contributed by atoms with Gasteiger partial charge in [0.1, 0.15) is 5.54 Å². The van der Waals surface area contributed by atoms with E-state index in [1.807, 2.05) is 6.07 Å². The number of hydrogen-bond acceptors (Lipinski definition) is 4. The first kappa shape index (κ1) is 15.5. The molecule has 1 amide bonds. The topological polar surface area (TPSA) is 75.6 Å². The van der Waals surface area contributed by atoms with Crippen LogP contribution in [0, 0.1) is 5.92 Å². The largest absolute Gasteiger partial charge is 0.480 e. The lowest BCUT2D eigenvalue weighted by atomic mass is 9.77. The molecule has 0 atom stereocenters. The molecular weight excluding hydrogens is 302 g/mol. The van der Waals surface area contributed by atoms with Gasteiger partial charge in [0.15, 0.2) is 0 Å². The quantitative estimate of drug-likeness (QED) is 0.896. The first-order valence-corrected chi connectivity index (χ1v) is 8.57. The average Bonchev–Trinajstić information content (AvgIpc) is 2.93. The van der Waals surface area contributed by atoms with Crippen LogP contribution in [0.25, 0.3) is 0 Å². The molecule has 120 valence electrons. The molecule has 3 rings (SSSR count). The summed E-state index contributed by atoms with van der Waals surface area (Å²) in [6.45, 7) is 3.35. The van der Waals surface area contributed by atoms with E-state index in [-0.39, 0.29) is 5.91 Å². The number of thiophene rings is 1. The molecule has 0 radical (unpaired) electrons. The Kier molecular flexibility index (Phi) is 4.23. The van der Waals surface area contributed by atoms with E-state index in [0.717, 1.165) is 24.8 Å². The van der Waals surface area contributed by atoms with Crippen molar-refractivity contribution >= 4 is 23.2 Å². The fourth-order valence-electron chi connectivity index (χ4n) is 3.19. The van der Waals surface area contributed by atoms with Crippen molar-refractivity contribution in [1.29, 1.82) is 0 Å². The van der Waals surface area contributed by atoms with Crippen molar-refractivity contribution in [3.05, 3.63) is 21.4 Å². The lowest BCUT2D eigenvalue weighted by Crippen LogP contribution is -2.56. The molecule has 6 heteroatoms. The number of aliphatic carboxylic acids is 1. The molecule has 2 N–H and O–H groups in total. The highest BCUT2D eigenvalue weighted by atomic mass is 32.1. The molecule has 1 saturated carbocycles. The fourth-order valence-corrected chi connectivity index (χ4v) is 4.23. The van der Waals surface area contributed by atoms with E-state index in [1.54, 1.807) is 0 Å². The first-order chi connectivity index (χ1) is 10.5. The Bertz CT molecular complexity index is 563. The van der Waals surface area contributed by atoms with Crippen LogP contribution in [-0.4, -0.2) is 29.1 Å². The summed E-state index contributed by atoms with van der Waals surface area (Å²) in [4.78, 5) is 26.0.